The monoisotopic (exact) mass is 299 g/mol. The number of rotatable bonds is 3. The van der Waals surface area contributed by atoms with Gasteiger partial charge in [0.1, 0.15) is 10.2 Å². The van der Waals surface area contributed by atoms with Gasteiger partial charge >= 0.3 is 5.97 Å². The maximum atomic E-state index is 11.8. The summed E-state index contributed by atoms with van der Waals surface area (Å²) in [6.45, 7) is 7.49. The van der Waals surface area contributed by atoms with Crippen molar-refractivity contribution in [3.05, 3.63) is 28.5 Å². The number of halogens is 1. The number of carbonyl (C=O) groups is 1. The van der Waals surface area contributed by atoms with Gasteiger partial charge in [0.15, 0.2) is 0 Å². The fraction of sp³-hybridized carbons (Fsp3) is 0.538. The highest BCUT2D eigenvalue weighted by Gasteiger charge is 2.21. The number of pyridine rings is 1. The van der Waals surface area contributed by atoms with Crippen LogP contribution in [0.15, 0.2) is 22.9 Å². The average molecular weight is 300 g/mol. The van der Waals surface area contributed by atoms with Crippen LogP contribution >= 0.6 is 15.9 Å². The lowest BCUT2D eigenvalue weighted by atomic mass is 10.0. The van der Waals surface area contributed by atoms with Crippen LogP contribution in [0.2, 0.25) is 0 Å². The third-order valence-corrected chi connectivity index (χ3v) is 2.61. The van der Waals surface area contributed by atoms with E-state index in [1.807, 2.05) is 39.8 Å². The number of hydrogen-bond donors (Lipinski definition) is 0. The Morgan fingerprint density at radius 3 is 2.59 bits per heavy atom. The van der Waals surface area contributed by atoms with Gasteiger partial charge in [0.25, 0.3) is 0 Å². The van der Waals surface area contributed by atoms with Gasteiger partial charge in [0.05, 0.1) is 5.92 Å². The summed E-state index contributed by atoms with van der Waals surface area (Å²) in [4.78, 5) is 15.9. The van der Waals surface area contributed by atoms with Gasteiger partial charge in [-0.25, -0.2) is 4.98 Å². The minimum Gasteiger partial charge on any atom is -0.460 e. The molecule has 0 saturated heterocycles. The first-order chi connectivity index (χ1) is 7.78. The molecule has 1 rings (SSSR count). The fourth-order valence-electron chi connectivity index (χ4n) is 1.37. The Balaban J connectivity index is 2.57. The number of aromatic nitrogens is 1. The Labute approximate surface area is 111 Å². The number of carbonyl (C=O) groups excluding carboxylic acids is 1. The third kappa shape index (κ3) is 5.31. The predicted octanol–water partition coefficient (Wildman–Crippen LogP) is 3.36. The van der Waals surface area contributed by atoms with Gasteiger partial charge in [-0.05, 0) is 54.8 Å². The molecule has 0 unspecified atom stereocenters. The van der Waals surface area contributed by atoms with Crippen LogP contribution in [0.1, 0.15) is 33.3 Å². The zero-order valence-electron chi connectivity index (χ0n) is 10.7. The number of nitrogens with zero attached hydrogens (tertiary/aromatic N) is 1. The van der Waals surface area contributed by atoms with E-state index in [9.17, 15) is 4.79 Å². The van der Waals surface area contributed by atoms with Gasteiger partial charge in [-0.3, -0.25) is 4.79 Å². The van der Waals surface area contributed by atoms with Crippen molar-refractivity contribution in [1.29, 1.82) is 0 Å². The molecule has 0 amide bonds. The molecule has 0 aliphatic rings. The Hall–Kier alpha value is -0.900. The van der Waals surface area contributed by atoms with E-state index in [1.165, 1.54) is 0 Å². The molecular weight excluding hydrogens is 282 g/mol. The maximum absolute atomic E-state index is 11.8. The van der Waals surface area contributed by atoms with Crippen molar-refractivity contribution in [2.75, 3.05) is 0 Å². The first-order valence-electron chi connectivity index (χ1n) is 5.61. The fourth-order valence-corrected chi connectivity index (χ4v) is 1.60. The molecule has 17 heavy (non-hydrogen) atoms. The van der Waals surface area contributed by atoms with Crippen molar-refractivity contribution in [2.24, 2.45) is 5.92 Å². The van der Waals surface area contributed by atoms with Crippen LogP contribution in [0.5, 0.6) is 0 Å². The first-order valence-corrected chi connectivity index (χ1v) is 6.40. The van der Waals surface area contributed by atoms with E-state index in [-0.39, 0.29) is 11.9 Å². The van der Waals surface area contributed by atoms with E-state index in [4.69, 9.17) is 4.74 Å². The molecule has 0 bridgehead atoms. The molecule has 1 atom stereocenters. The minimum atomic E-state index is -0.427. The van der Waals surface area contributed by atoms with E-state index in [2.05, 4.69) is 20.9 Å². The van der Waals surface area contributed by atoms with Gasteiger partial charge in [-0.1, -0.05) is 13.0 Å². The molecule has 0 fully saturated rings. The average Bonchev–Trinajstić information content (AvgIpc) is 2.19. The van der Waals surface area contributed by atoms with Crippen LogP contribution in [0.3, 0.4) is 0 Å². The second kappa shape index (κ2) is 5.63. The highest BCUT2D eigenvalue weighted by atomic mass is 79.9. The maximum Gasteiger partial charge on any atom is 0.309 e. The summed E-state index contributed by atoms with van der Waals surface area (Å²) in [5.74, 6) is -0.322. The van der Waals surface area contributed by atoms with Crippen LogP contribution in [-0.2, 0) is 16.0 Å². The highest BCUT2D eigenvalue weighted by Crippen LogP contribution is 2.15. The second-order valence-electron chi connectivity index (χ2n) is 5.13. The second-order valence-corrected chi connectivity index (χ2v) is 5.94. The lowest BCUT2D eigenvalue weighted by Crippen LogP contribution is -2.28. The number of ether oxygens (including phenoxy) is 1. The molecule has 1 aromatic rings. The zero-order valence-corrected chi connectivity index (χ0v) is 12.2. The summed E-state index contributed by atoms with van der Waals surface area (Å²) in [5, 5.41) is 0. The molecule has 0 radical (unpaired) electrons. The van der Waals surface area contributed by atoms with Crippen LogP contribution < -0.4 is 0 Å². The summed E-state index contributed by atoms with van der Waals surface area (Å²) >= 11 is 3.28. The van der Waals surface area contributed by atoms with Crippen molar-refractivity contribution in [1.82, 2.24) is 4.98 Å². The first kappa shape index (κ1) is 14.2. The van der Waals surface area contributed by atoms with Gasteiger partial charge in [0, 0.05) is 6.20 Å². The molecule has 1 aromatic heterocycles. The van der Waals surface area contributed by atoms with Gasteiger partial charge in [-0.2, -0.15) is 0 Å². The van der Waals surface area contributed by atoms with Crippen molar-refractivity contribution in [3.8, 4) is 0 Å². The van der Waals surface area contributed by atoms with Crippen LogP contribution in [0, 0.1) is 5.92 Å². The standard InChI is InChI=1S/C13H18BrNO2/c1-9(12(16)17-13(2,3)4)7-10-5-6-11(14)15-8-10/h5-6,8-9H,7H2,1-4H3/t9-/m0/s1. The van der Waals surface area contributed by atoms with Gasteiger partial charge < -0.3 is 4.74 Å². The summed E-state index contributed by atoms with van der Waals surface area (Å²) in [6.07, 6.45) is 2.42. The van der Waals surface area contributed by atoms with Crippen molar-refractivity contribution in [2.45, 2.75) is 39.7 Å². The Morgan fingerprint density at radius 2 is 2.12 bits per heavy atom. The Bertz CT molecular complexity index is 381. The molecule has 0 spiro atoms. The normalized spacial score (nSPS) is 13.2. The SMILES string of the molecule is C[C@@H](Cc1ccc(Br)nc1)C(=O)OC(C)(C)C. The minimum absolute atomic E-state index is 0.155. The number of hydrogen-bond acceptors (Lipinski definition) is 3. The molecule has 3 nitrogen and oxygen atoms in total. The smallest absolute Gasteiger partial charge is 0.309 e. The topological polar surface area (TPSA) is 39.2 Å². The van der Waals surface area contributed by atoms with Gasteiger partial charge in [-0.15, -0.1) is 0 Å². The Kier molecular flexibility index (Phi) is 4.69. The molecule has 0 aliphatic carbocycles. The summed E-state index contributed by atoms with van der Waals surface area (Å²) in [6, 6.07) is 3.83. The molecule has 4 heteroatoms. The third-order valence-electron chi connectivity index (χ3n) is 2.14. The van der Waals surface area contributed by atoms with Crippen LogP contribution in [0.4, 0.5) is 0 Å². The van der Waals surface area contributed by atoms with Crippen molar-refractivity contribution < 1.29 is 9.53 Å². The van der Waals surface area contributed by atoms with Crippen LogP contribution in [0.25, 0.3) is 0 Å². The van der Waals surface area contributed by atoms with Crippen LogP contribution in [-0.4, -0.2) is 16.6 Å². The Morgan fingerprint density at radius 1 is 1.47 bits per heavy atom. The quantitative estimate of drug-likeness (QED) is 0.634. The van der Waals surface area contributed by atoms with E-state index < -0.39 is 5.60 Å². The van der Waals surface area contributed by atoms with E-state index in [0.717, 1.165) is 10.2 Å². The van der Waals surface area contributed by atoms with Crippen molar-refractivity contribution in [3.63, 3.8) is 0 Å². The zero-order chi connectivity index (χ0) is 13.1. The molecule has 0 aromatic carbocycles. The molecule has 1 heterocycles. The molecule has 0 N–H and O–H groups in total. The van der Waals surface area contributed by atoms with Crippen molar-refractivity contribution >= 4 is 21.9 Å². The molecule has 0 aliphatic heterocycles. The number of esters is 1. The van der Waals surface area contributed by atoms with E-state index >= 15 is 0 Å². The highest BCUT2D eigenvalue weighted by molar-refractivity contribution is 9.10. The lowest BCUT2D eigenvalue weighted by Gasteiger charge is -2.22. The predicted molar refractivity (Wildman–Crippen MR) is 70.7 cm³/mol. The van der Waals surface area contributed by atoms with E-state index in [1.54, 1.807) is 6.20 Å². The molecule has 0 saturated carbocycles. The van der Waals surface area contributed by atoms with E-state index in [0.29, 0.717) is 6.42 Å². The largest absolute Gasteiger partial charge is 0.460 e. The summed E-state index contributed by atoms with van der Waals surface area (Å²) in [7, 11) is 0. The molecule has 94 valence electrons. The summed E-state index contributed by atoms with van der Waals surface area (Å²) in [5.41, 5.74) is 0.607. The lowest BCUT2D eigenvalue weighted by molar-refractivity contribution is -0.159. The summed E-state index contributed by atoms with van der Waals surface area (Å²) < 4.78 is 6.12. The molecular formula is C13H18BrNO2. The van der Waals surface area contributed by atoms with Gasteiger partial charge in [0.2, 0.25) is 0 Å².